The first-order valence-corrected chi connectivity index (χ1v) is 9.75. The van der Waals surface area contributed by atoms with Gasteiger partial charge in [-0.25, -0.2) is 4.68 Å². The van der Waals surface area contributed by atoms with Crippen molar-refractivity contribution in [1.82, 2.24) is 9.78 Å². The number of aromatic nitrogens is 2. The van der Waals surface area contributed by atoms with Crippen molar-refractivity contribution in [2.45, 2.75) is 19.3 Å². The predicted octanol–water partition coefficient (Wildman–Crippen LogP) is 6.36. The second-order valence-corrected chi connectivity index (χ2v) is 7.83. The van der Waals surface area contributed by atoms with Gasteiger partial charge in [0.15, 0.2) is 0 Å². The summed E-state index contributed by atoms with van der Waals surface area (Å²) < 4.78 is 3.01. The van der Waals surface area contributed by atoms with E-state index in [0.29, 0.717) is 10.0 Å². The van der Waals surface area contributed by atoms with Crippen molar-refractivity contribution in [2.75, 3.05) is 11.9 Å². The summed E-state index contributed by atoms with van der Waals surface area (Å²) in [5, 5.41) is 9.77. The molecule has 0 aliphatic carbocycles. The van der Waals surface area contributed by atoms with E-state index in [2.05, 4.69) is 21.2 Å². The molecule has 3 nitrogen and oxygen atoms in total. The van der Waals surface area contributed by atoms with Gasteiger partial charge in [0, 0.05) is 27.2 Å². The molecule has 1 aliphatic heterocycles. The summed E-state index contributed by atoms with van der Waals surface area (Å²) in [7, 11) is 0. The van der Waals surface area contributed by atoms with Crippen LogP contribution in [0.15, 0.2) is 46.9 Å². The lowest BCUT2D eigenvalue weighted by Gasteiger charge is -2.09. The Morgan fingerprint density at radius 2 is 1.84 bits per heavy atom. The van der Waals surface area contributed by atoms with Crippen LogP contribution in [0.3, 0.4) is 0 Å². The third-order valence-electron chi connectivity index (χ3n) is 4.38. The van der Waals surface area contributed by atoms with Gasteiger partial charge in [0.2, 0.25) is 0 Å². The number of anilines is 1. The molecule has 2 aromatic carbocycles. The van der Waals surface area contributed by atoms with E-state index < -0.39 is 0 Å². The van der Waals surface area contributed by atoms with Crippen molar-refractivity contribution in [3.8, 4) is 16.9 Å². The topological polar surface area (TPSA) is 29.9 Å². The van der Waals surface area contributed by atoms with Gasteiger partial charge in [-0.2, -0.15) is 5.10 Å². The molecule has 0 saturated carbocycles. The van der Waals surface area contributed by atoms with Crippen LogP contribution >= 0.6 is 39.1 Å². The molecule has 128 valence electrons. The number of hydrogen-bond acceptors (Lipinski definition) is 2. The average Bonchev–Trinajstić information content (AvgIpc) is 2.79. The third-order valence-corrected chi connectivity index (χ3v) is 5.48. The van der Waals surface area contributed by atoms with Crippen LogP contribution in [-0.2, 0) is 6.42 Å². The second-order valence-electron chi connectivity index (χ2n) is 6.07. The number of halogens is 3. The summed E-state index contributed by atoms with van der Waals surface area (Å²) in [5.74, 6) is 1.05. The minimum absolute atomic E-state index is 0.660. The minimum atomic E-state index is 0.660. The number of fused-ring (bicyclic) bond motifs is 1. The number of rotatable bonds is 2. The van der Waals surface area contributed by atoms with Crippen molar-refractivity contribution in [3.63, 3.8) is 0 Å². The molecular weight excluding hydrogens is 421 g/mol. The summed E-state index contributed by atoms with van der Waals surface area (Å²) in [5.41, 5.74) is 3.99. The largest absolute Gasteiger partial charge is 0.370 e. The molecule has 0 atom stereocenters. The zero-order chi connectivity index (χ0) is 17.4. The van der Waals surface area contributed by atoms with E-state index in [-0.39, 0.29) is 0 Å². The van der Waals surface area contributed by atoms with Crippen molar-refractivity contribution in [2.24, 2.45) is 0 Å². The van der Waals surface area contributed by atoms with Gasteiger partial charge in [-0.1, -0.05) is 39.1 Å². The van der Waals surface area contributed by atoms with E-state index in [1.54, 1.807) is 6.07 Å². The van der Waals surface area contributed by atoms with Crippen LogP contribution in [0, 0.1) is 0 Å². The van der Waals surface area contributed by atoms with Crippen molar-refractivity contribution in [3.05, 3.63) is 62.5 Å². The highest BCUT2D eigenvalue weighted by Crippen LogP contribution is 2.38. The Labute approximate surface area is 165 Å². The third kappa shape index (κ3) is 3.31. The van der Waals surface area contributed by atoms with Crippen LogP contribution in [0.2, 0.25) is 10.0 Å². The monoisotopic (exact) mass is 435 g/mol. The van der Waals surface area contributed by atoms with Crippen molar-refractivity contribution in [1.29, 1.82) is 0 Å². The quantitative estimate of drug-likeness (QED) is 0.506. The molecule has 4 rings (SSSR count). The SMILES string of the molecule is Clc1ccc(Cl)c(-c2nn(-c3ccc(Br)cc3)c3c2CCCCN3)c1. The number of hydrogen-bond donors (Lipinski definition) is 1. The fourth-order valence-electron chi connectivity index (χ4n) is 3.17. The van der Waals surface area contributed by atoms with Gasteiger partial charge in [0.25, 0.3) is 0 Å². The molecule has 1 aromatic heterocycles. The molecule has 0 saturated heterocycles. The van der Waals surface area contributed by atoms with E-state index in [1.807, 2.05) is 41.1 Å². The van der Waals surface area contributed by atoms with Gasteiger partial charge in [0.05, 0.1) is 16.4 Å². The summed E-state index contributed by atoms with van der Waals surface area (Å²) in [6.45, 7) is 0.942. The van der Waals surface area contributed by atoms with E-state index in [0.717, 1.165) is 53.0 Å². The molecule has 0 unspecified atom stereocenters. The zero-order valence-corrected chi connectivity index (χ0v) is 16.5. The van der Waals surface area contributed by atoms with E-state index in [9.17, 15) is 0 Å². The lowest BCUT2D eigenvalue weighted by Crippen LogP contribution is -2.07. The molecule has 0 amide bonds. The van der Waals surface area contributed by atoms with Gasteiger partial charge in [-0.05, 0) is 61.7 Å². The first kappa shape index (κ1) is 17.0. The Hall–Kier alpha value is -1.49. The maximum Gasteiger partial charge on any atom is 0.133 e. The predicted molar refractivity (Wildman–Crippen MR) is 108 cm³/mol. The van der Waals surface area contributed by atoms with E-state index in [1.165, 1.54) is 5.56 Å². The molecular formula is C19H16BrCl2N3. The smallest absolute Gasteiger partial charge is 0.133 e. The molecule has 1 aliphatic rings. The number of nitrogens with one attached hydrogen (secondary N) is 1. The molecule has 3 aromatic rings. The average molecular weight is 437 g/mol. The normalized spacial score (nSPS) is 13.9. The van der Waals surface area contributed by atoms with Gasteiger partial charge < -0.3 is 5.32 Å². The Morgan fingerprint density at radius 1 is 1.04 bits per heavy atom. The Bertz CT molecular complexity index is 919. The van der Waals surface area contributed by atoms with Crippen LogP contribution in [-0.4, -0.2) is 16.3 Å². The molecule has 1 N–H and O–H groups in total. The molecule has 0 bridgehead atoms. The molecule has 0 radical (unpaired) electrons. The Balaban J connectivity index is 1.93. The maximum atomic E-state index is 6.46. The fourth-order valence-corrected chi connectivity index (χ4v) is 3.81. The lowest BCUT2D eigenvalue weighted by atomic mass is 10.0. The molecule has 6 heteroatoms. The molecule has 0 spiro atoms. The number of nitrogens with zero attached hydrogens (tertiary/aromatic N) is 2. The number of benzene rings is 2. The van der Waals surface area contributed by atoms with Gasteiger partial charge >= 0.3 is 0 Å². The summed E-state index contributed by atoms with van der Waals surface area (Å²) in [6.07, 6.45) is 3.23. The Kier molecular flexibility index (Phi) is 4.76. The van der Waals surface area contributed by atoms with Crippen molar-refractivity contribution < 1.29 is 0 Å². The standard InChI is InChI=1S/C19H16BrCl2N3/c20-12-4-7-14(8-5-12)25-19-15(3-1-2-10-23-19)18(24-25)16-11-13(21)6-9-17(16)22/h4-9,11,23H,1-3,10H2. The highest BCUT2D eigenvalue weighted by atomic mass is 79.9. The summed E-state index contributed by atoms with van der Waals surface area (Å²) >= 11 is 16.2. The highest BCUT2D eigenvalue weighted by molar-refractivity contribution is 9.10. The maximum absolute atomic E-state index is 6.46. The van der Waals surface area contributed by atoms with Crippen molar-refractivity contribution >= 4 is 44.9 Å². The van der Waals surface area contributed by atoms with Gasteiger partial charge in [-0.3, -0.25) is 0 Å². The van der Waals surface area contributed by atoms with Gasteiger partial charge in [0.1, 0.15) is 5.82 Å². The summed E-state index contributed by atoms with van der Waals surface area (Å²) in [4.78, 5) is 0. The first-order chi connectivity index (χ1) is 12.1. The van der Waals surface area contributed by atoms with Crippen LogP contribution in [0.25, 0.3) is 16.9 Å². The molecule has 25 heavy (non-hydrogen) atoms. The second kappa shape index (κ2) is 7.02. The zero-order valence-electron chi connectivity index (χ0n) is 13.4. The first-order valence-electron chi connectivity index (χ1n) is 8.20. The van der Waals surface area contributed by atoms with Crippen LogP contribution in [0.5, 0.6) is 0 Å². The Morgan fingerprint density at radius 3 is 2.64 bits per heavy atom. The minimum Gasteiger partial charge on any atom is -0.370 e. The van der Waals surface area contributed by atoms with Gasteiger partial charge in [-0.15, -0.1) is 0 Å². The summed E-state index contributed by atoms with van der Waals surface area (Å²) in [6, 6.07) is 13.7. The fraction of sp³-hybridized carbons (Fsp3) is 0.211. The van der Waals surface area contributed by atoms with E-state index in [4.69, 9.17) is 28.3 Å². The molecule has 2 heterocycles. The van der Waals surface area contributed by atoms with E-state index >= 15 is 0 Å². The van der Waals surface area contributed by atoms with Crippen LogP contribution in [0.1, 0.15) is 18.4 Å². The van der Waals surface area contributed by atoms with Crippen LogP contribution < -0.4 is 5.32 Å². The highest BCUT2D eigenvalue weighted by Gasteiger charge is 2.23. The molecule has 0 fully saturated rings. The van der Waals surface area contributed by atoms with Crippen LogP contribution in [0.4, 0.5) is 5.82 Å². The lowest BCUT2D eigenvalue weighted by molar-refractivity contribution is 0.780.